The first kappa shape index (κ1) is 23.9. The van der Waals surface area contributed by atoms with E-state index in [2.05, 4.69) is 6.92 Å². The Bertz CT molecular complexity index is 358. The summed E-state index contributed by atoms with van der Waals surface area (Å²) in [5, 5.41) is 0. The average Bonchev–Trinajstić information content (AvgIpc) is 2.54. The summed E-state index contributed by atoms with van der Waals surface area (Å²) < 4.78 is 10.5. The second kappa shape index (κ2) is 15.2. The Morgan fingerprint density at radius 3 is 2.04 bits per heavy atom. The second-order valence-corrected chi connectivity index (χ2v) is 7.32. The quantitative estimate of drug-likeness (QED) is 0.325. The van der Waals surface area contributed by atoms with Crippen LogP contribution in [0.2, 0.25) is 0 Å². The molecule has 0 radical (unpaired) electrons. The highest BCUT2D eigenvalue weighted by molar-refractivity contribution is 5.72. The molecule has 0 saturated heterocycles. The lowest BCUT2D eigenvalue weighted by Crippen LogP contribution is -2.29. The molecule has 0 aromatic heterocycles. The number of esters is 2. The van der Waals surface area contributed by atoms with Crippen LogP contribution in [0.5, 0.6) is 0 Å². The number of nitrogens with zero attached hydrogens (tertiary/aromatic N) is 1. The van der Waals surface area contributed by atoms with E-state index in [0.717, 1.165) is 12.8 Å². The van der Waals surface area contributed by atoms with Gasteiger partial charge in [0.1, 0.15) is 12.7 Å². The highest BCUT2D eigenvalue weighted by Gasteiger charge is 2.17. The first-order valence-corrected chi connectivity index (χ1v) is 9.87. The molecule has 0 saturated carbocycles. The van der Waals surface area contributed by atoms with E-state index in [9.17, 15) is 9.59 Å². The van der Waals surface area contributed by atoms with Crippen molar-refractivity contribution < 1.29 is 19.1 Å². The van der Waals surface area contributed by atoms with Crippen molar-refractivity contribution >= 4 is 11.9 Å². The van der Waals surface area contributed by atoms with E-state index < -0.39 is 6.10 Å². The van der Waals surface area contributed by atoms with Crippen LogP contribution in [0.25, 0.3) is 0 Å². The molecule has 0 N–H and O–H groups in total. The lowest BCUT2D eigenvalue weighted by molar-refractivity contribution is -0.160. The number of hydrogen-bond acceptors (Lipinski definition) is 5. The van der Waals surface area contributed by atoms with E-state index in [1.54, 1.807) is 6.92 Å². The van der Waals surface area contributed by atoms with Gasteiger partial charge in [0.2, 0.25) is 0 Å². The SMILES string of the molecule is CCCCCCCCCCC(=O)OC(C)COC(=O)C(C)CN(C)C. The first-order chi connectivity index (χ1) is 11.9. The summed E-state index contributed by atoms with van der Waals surface area (Å²) >= 11 is 0. The van der Waals surface area contributed by atoms with Gasteiger partial charge < -0.3 is 14.4 Å². The van der Waals surface area contributed by atoms with Gasteiger partial charge in [0.25, 0.3) is 0 Å². The molecule has 0 aliphatic carbocycles. The Morgan fingerprint density at radius 1 is 0.920 bits per heavy atom. The van der Waals surface area contributed by atoms with Crippen molar-refractivity contribution in [2.45, 2.75) is 84.7 Å². The van der Waals surface area contributed by atoms with Crippen molar-refractivity contribution in [3.63, 3.8) is 0 Å². The predicted molar refractivity (Wildman–Crippen MR) is 101 cm³/mol. The summed E-state index contributed by atoms with van der Waals surface area (Å²) in [4.78, 5) is 25.5. The van der Waals surface area contributed by atoms with E-state index >= 15 is 0 Å². The molecule has 2 unspecified atom stereocenters. The van der Waals surface area contributed by atoms with Crippen LogP contribution >= 0.6 is 0 Å². The molecule has 0 bridgehead atoms. The number of rotatable bonds is 15. The summed E-state index contributed by atoms with van der Waals surface area (Å²) in [6, 6.07) is 0. The molecule has 0 heterocycles. The normalized spacial score (nSPS) is 13.5. The van der Waals surface area contributed by atoms with Gasteiger partial charge in [-0.2, -0.15) is 0 Å². The Hall–Kier alpha value is -1.10. The van der Waals surface area contributed by atoms with Gasteiger partial charge >= 0.3 is 11.9 Å². The van der Waals surface area contributed by atoms with Crippen LogP contribution in [0, 0.1) is 5.92 Å². The fourth-order valence-corrected chi connectivity index (χ4v) is 2.68. The molecule has 2 atom stereocenters. The lowest BCUT2D eigenvalue weighted by atomic mass is 10.1. The molecule has 0 spiro atoms. The molecule has 0 aliphatic rings. The van der Waals surface area contributed by atoms with Crippen LogP contribution in [0.4, 0.5) is 0 Å². The molecule has 5 heteroatoms. The van der Waals surface area contributed by atoms with Crippen molar-refractivity contribution in [2.24, 2.45) is 5.92 Å². The van der Waals surface area contributed by atoms with Gasteiger partial charge in [-0.1, -0.05) is 58.8 Å². The van der Waals surface area contributed by atoms with Crippen LogP contribution in [0.1, 0.15) is 78.6 Å². The molecule has 0 aromatic carbocycles. The van der Waals surface area contributed by atoms with E-state index in [4.69, 9.17) is 9.47 Å². The van der Waals surface area contributed by atoms with Gasteiger partial charge in [-0.05, 0) is 27.4 Å². The Kier molecular flexibility index (Phi) is 14.5. The zero-order valence-corrected chi connectivity index (χ0v) is 17.0. The van der Waals surface area contributed by atoms with Crippen molar-refractivity contribution in [1.29, 1.82) is 0 Å². The maximum Gasteiger partial charge on any atom is 0.310 e. The minimum absolute atomic E-state index is 0.125. The highest BCUT2D eigenvalue weighted by Crippen LogP contribution is 2.10. The topological polar surface area (TPSA) is 55.8 Å². The fraction of sp³-hybridized carbons (Fsp3) is 0.900. The van der Waals surface area contributed by atoms with Crippen molar-refractivity contribution in [2.75, 3.05) is 27.2 Å². The maximum atomic E-state index is 11.8. The maximum absolute atomic E-state index is 11.8. The lowest BCUT2D eigenvalue weighted by Gasteiger charge is -2.18. The van der Waals surface area contributed by atoms with Gasteiger partial charge in [-0.25, -0.2) is 0 Å². The van der Waals surface area contributed by atoms with Crippen molar-refractivity contribution in [3.05, 3.63) is 0 Å². The average molecular weight is 358 g/mol. The van der Waals surface area contributed by atoms with Gasteiger partial charge in [0.05, 0.1) is 5.92 Å². The van der Waals surface area contributed by atoms with Gasteiger partial charge in [-0.15, -0.1) is 0 Å². The number of ether oxygens (including phenoxy) is 2. The summed E-state index contributed by atoms with van der Waals surface area (Å²) in [5.74, 6) is -0.634. The standard InChI is InChI=1S/C20H39NO4/c1-6-7-8-9-10-11-12-13-14-19(22)25-18(3)16-24-20(23)17(2)15-21(4)5/h17-18H,6-16H2,1-5H3. The monoisotopic (exact) mass is 357 g/mol. The van der Waals surface area contributed by atoms with Gasteiger partial charge in [0, 0.05) is 13.0 Å². The zero-order chi connectivity index (χ0) is 19.1. The third-order valence-electron chi connectivity index (χ3n) is 4.07. The first-order valence-electron chi connectivity index (χ1n) is 9.87. The van der Waals surface area contributed by atoms with E-state index in [1.807, 2.05) is 25.9 Å². The van der Waals surface area contributed by atoms with E-state index in [-0.39, 0.29) is 24.5 Å². The van der Waals surface area contributed by atoms with E-state index in [0.29, 0.717) is 13.0 Å². The molecular formula is C20H39NO4. The zero-order valence-electron chi connectivity index (χ0n) is 17.0. The second-order valence-electron chi connectivity index (χ2n) is 7.32. The van der Waals surface area contributed by atoms with Crippen LogP contribution in [0.3, 0.4) is 0 Å². The third kappa shape index (κ3) is 14.9. The smallest absolute Gasteiger partial charge is 0.310 e. The Balaban J connectivity index is 3.66. The van der Waals surface area contributed by atoms with Gasteiger partial charge in [0.15, 0.2) is 0 Å². The minimum atomic E-state index is -0.392. The number of carbonyl (C=O) groups excluding carboxylic acids is 2. The number of unbranched alkanes of at least 4 members (excludes halogenated alkanes) is 7. The van der Waals surface area contributed by atoms with Crippen LogP contribution in [0.15, 0.2) is 0 Å². The van der Waals surface area contributed by atoms with Gasteiger partial charge in [-0.3, -0.25) is 9.59 Å². The fourth-order valence-electron chi connectivity index (χ4n) is 2.68. The molecular weight excluding hydrogens is 318 g/mol. The molecule has 0 fully saturated rings. The largest absolute Gasteiger partial charge is 0.462 e. The van der Waals surface area contributed by atoms with Crippen LogP contribution in [-0.4, -0.2) is 50.2 Å². The highest BCUT2D eigenvalue weighted by atomic mass is 16.6. The van der Waals surface area contributed by atoms with Crippen molar-refractivity contribution in [3.8, 4) is 0 Å². The third-order valence-corrected chi connectivity index (χ3v) is 4.07. The molecule has 148 valence electrons. The Morgan fingerprint density at radius 2 is 1.48 bits per heavy atom. The number of hydrogen-bond donors (Lipinski definition) is 0. The molecule has 0 amide bonds. The summed E-state index contributed by atoms with van der Waals surface area (Å²) in [6.45, 7) is 6.58. The van der Waals surface area contributed by atoms with Crippen LogP contribution < -0.4 is 0 Å². The molecule has 0 rings (SSSR count). The Labute approximate surface area is 154 Å². The molecule has 5 nitrogen and oxygen atoms in total. The molecule has 0 aromatic rings. The summed E-state index contributed by atoms with van der Waals surface area (Å²) in [7, 11) is 3.83. The summed E-state index contributed by atoms with van der Waals surface area (Å²) in [6.07, 6.45) is 9.67. The number of carbonyl (C=O) groups is 2. The summed E-state index contributed by atoms with van der Waals surface area (Å²) in [5.41, 5.74) is 0. The predicted octanol–water partition coefficient (Wildman–Crippen LogP) is 4.19. The minimum Gasteiger partial charge on any atom is -0.462 e. The van der Waals surface area contributed by atoms with Crippen LogP contribution in [-0.2, 0) is 19.1 Å². The molecule has 25 heavy (non-hydrogen) atoms. The van der Waals surface area contributed by atoms with E-state index in [1.165, 1.54) is 38.5 Å². The molecule has 0 aliphatic heterocycles. The van der Waals surface area contributed by atoms with Crippen molar-refractivity contribution in [1.82, 2.24) is 4.90 Å².